The van der Waals surface area contributed by atoms with Crippen molar-refractivity contribution in [3.05, 3.63) is 63.2 Å². The maximum atomic E-state index is 12.2. The van der Waals surface area contributed by atoms with Gasteiger partial charge in [0.15, 0.2) is 0 Å². The Morgan fingerprint density at radius 2 is 1.55 bits per heavy atom. The molecule has 0 saturated carbocycles. The summed E-state index contributed by atoms with van der Waals surface area (Å²) in [5.41, 5.74) is 1.74. The van der Waals surface area contributed by atoms with Gasteiger partial charge in [-0.1, -0.05) is 24.3 Å². The summed E-state index contributed by atoms with van der Waals surface area (Å²) < 4.78 is 13.4. The Labute approximate surface area is 133 Å². The summed E-state index contributed by atoms with van der Waals surface area (Å²) in [6.07, 6.45) is -0.00988. The first-order valence-corrected chi connectivity index (χ1v) is 8.38. The Bertz CT molecular complexity index is 621. The maximum Gasteiger partial charge on any atom is 0.307 e. The van der Waals surface area contributed by atoms with Gasteiger partial charge in [-0.15, -0.1) is 0 Å². The maximum absolute atomic E-state index is 12.2. The molecule has 1 atom stereocenters. The van der Waals surface area contributed by atoms with Gasteiger partial charge in [-0.3, -0.25) is 9.00 Å². The number of hydrogen-bond acceptors (Lipinski definition) is 2. The van der Waals surface area contributed by atoms with Gasteiger partial charge in [0.1, 0.15) is 0 Å². The van der Waals surface area contributed by atoms with E-state index in [4.69, 9.17) is 5.11 Å². The van der Waals surface area contributed by atoms with Crippen molar-refractivity contribution in [1.29, 1.82) is 0 Å². The second-order valence-corrected chi connectivity index (χ2v) is 7.03. The van der Waals surface area contributed by atoms with E-state index in [-0.39, 0.29) is 6.42 Å². The number of benzene rings is 2. The number of carbonyl (C=O) groups is 1. The predicted molar refractivity (Wildman–Crippen MR) is 87.1 cm³/mol. The zero-order valence-corrected chi connectivity index (χ0v) is 13.6. The van der Waals surface area contributed by atoms with E-state index in [0.717, 1.165) is 14.0 Å². The first-order chi connectivity index (χ1) is 9.54. The van der Waals surface area contributed by atoms with Gasteiger partial charge >= 0.3 is 5.97 Å². The molecule has 2 aromatic rings. The number of rotatable bonds is 5. The van der Waals surface area contributed by atoms with E-state index in [0.29, 0.717) is 11.3 Å². The molecule has 2 aromatic carbocycles. The van der Waals surface area contributed by atoms with E-state index in [9.17, 15) is 9.00 Å². The van der Waals surface area contributed by atoms with E-state index >= 15 is 0 Å². The molecule has 20 heavy (non-hydrogen) atoms. The highest BCUT2D eigenvalue weighted by Gasteiger charge is 2.06. The summed E-state index contributed by atoms with van der Waals surface area (Å²) in [5.74, 6) is -0.396. The Hall–Kier alpha value is -1.21. The van der Waals surface area contributed by atoms with Crippen LogP contribution in [-0.2, 0) is 27.8 Å². The van der Waals surface area contributed by atoms with Crippen LogP contribution < -0.4 is 0 Å². The van der Waals surface area contributed by atoms with Crippen molar-refractivity contribution in [2.75, 3.05) is 0 Å². The molecule has 0 aromatic heterocycles. The van der Waals surface area contributed by atoms with Gasteiger partial charge in [0.2, 0.25) is 0 Å². The van der Waals surface area contributed by atoms with Crippen molar-refractivity contribution in [2.45, 2.75) is 17.1 Å². The van der Waals surface area contributed by atoms with E-state index in [1.165, 1.54) is 0 Å². The number of carboxylic acid groups (broad SMARTS) is 1. The standard InChI is InChI=1S/C15H13IO3S/c16-13-5-1-12(2-6-13)10-20(19)14-7-3-11(4-8-14)9-15(17)18/h1-8H,9-10H2,(H,17,18). The molecule has 0 bridgehead atoms. The first kappa shape index (κ1) is 15.2. The zero-order chi connectivity index (χ0) is 14.5. The third kappa shape index (κ3) is 4.42. The normalized spacial score (nSPS) is 12.1. The Kier molecular flexibility index (Phi) is 5.31. The van der Waals surface area contributed by atoms with Crippen molar-refractivity contribution in [1.82, 2.24) is 0 Å². The molecule has 0 aliphatic rings. The van der Waals surface area contributed by atoms with Gasteiger partial charge in [0, 0.05) is 8.47 Å². The first-order valence-electron chi connectivity index (χ1n) is 5.98. The van der Waals surface area contributed by atoms with Crippen LogP contribution in [0.3, 0.4) is 0 Å². The molecule has 3 nitrogen and oxygen atoms in total. The van der Waals surface area contributed by atoms with Crippen molar-refractivity contribution in [3.63, 3.8) is 0 Å². The van der Waals surface area contributed by atoms with Crippen LogP contribution in [0.15, 0.2) is 53.4 Å². The third-order valence-corrected chi connectivity index (χ3v) is 4.87. The van der Waals surface area contributed by atoms with Gasteiger partial charge in [0.25, 0.3) is 0 Å². The fraction of sp³-hybridized carbons (Fsp3) is 0.133. The van der Waals surface area contributed by atoms with Crippen LogP contribution in [-0.4, -0.2) is 15.3 Å². The van der Waals surface area contributed by atoms with Crippen molar-refractivity contribution in [3.8, 4) is 0 Å². The summed E-state index contributed by atoms with van der Waals surface area (Å²) in [4.78, 5) is 11.3. The summed E-state index contributed by atoms with van der Waals surface area (Å²) in [6.45, 7) is 0. The average molecular weight is 400 g/mol. The number of aliphatic carboxylic acids is 1. The smallest absolute Gasteiger partial charge is 0.307 e. The van der Waals surface area contributed by atoms with Crippen LogP contribution in [0, 0.1) is 3.57 Å². The lowest BCUT2D eigenvalue weighted by molar-refractivity contribution is -0.136. The molecule has 0 aliphatic carbocycles. The molecule has 0 saturated heterocycles. The lowest BCUT2D eigenvalue weighted by Gasteiger charge is -2.04. The third-order valence-electron chi connectivity index (χ3n) is 2.75. The molecule has 1 unspecified atom stereocenters. The Morgan fingerprint density at radius 1 is 1.00 bits per heavy atom. The van der Waals surface area contributed by atoms with Crippen molar-refractivity contribution < 1.29 is 14.1 Å². The molecule has 0 heterocycles. The highest BCUT2D eigenvalue weighted by Crippen LogP contribution is 2.15. The monoisotopic (exact) mass is 400 g/mol. The quantitative estimate of drug-likeness (QED) is 0.785. The molecule has 104 valence electrons. The summed E-state index contributed by atoms with van der Waals surface area (Å²) in [7, 11) is -1.11. The van der Waals surface area contributed by atoms with Crippen LogP contribution in [0.1, 0.15) is 11.1 Å². The van der Waals surface area contributed by atoms with E-state index in [1.54, 1.807) is 24.3 Å². The summed E-state index contributed by atoms with van der Waals surface area (Å²) >= 11 is 2.23. The molecule has 0 spiro atoms. The molecular weight excluding hydrogens is 387 g/mol. The minimum atomic E-state index is -1.11. The molecule has 0 aliphatic heterocycles. The van der Waals surface area contributed by atoms with Gasteiger partial charge < -0.3 is 5.11 Å². The second kappa shape index (κ2) is 6.99. The summed E-state index contributed by atoms with van der Waals surface area (Å²) in [5, 5.41) is 8.70. The van der Waals surface area contributed by atoms with E-state index < -0.39 is 16.8 Å². The molecule has 0 amide bonds. The number of halogens is 1. The molecule has 2 rings (SSSR count). The minimum Gasteiger partial charge on any atom is -0.481 e. The van der Waals surface area contributed by atoms with Crippen LogP contribution >= 0.6 is 22.6 Å². The topological polar surface area (TPSA) is 54.4 Å². The van der Waals surface area contributed by atoms with Crippen LogP contribution in [0.5, 0.6) is 0 Å². The lowest BCUT2D eigenvalue weighted by atomic mass is 10.2. The van der Waals surface area contributed by atoms with Crippen molar-refractivity contribution >= 4 is 39.4 Å². The molecular formula is C15H13IO3S. The largest absolute Gasteiger partial charge is 0.481 e. The van der Waals surface area contributed by atoms with Crippen molar-refractivity contribution in [2.24, 2.45) is 0 Å². The van der Waals surface area contributed by atoms with Crippen LogP contribution in [0.4, 0.5) is 0 Å². The SMILES string of the molecule is O=C(O)Cc1ccc(S(=O)Cc2ccc(I)cc2)cc1. The van der Waals surface area contributed by atoms with Gasteiger partial charge in [-0.05, 0) is 58.0 Å². The van der Waals surface area contributed by atoms with Gasteiger partial charge in [-0.2, -0.15) is 0 Å². The van der Waals surface area contributed by atoms with Crippen LogP contribution in [0.25, 0.3) is 0 Å². The number of carboxylic acids is 1. The van der Waals surface area contributed by atoms with Gasteiger partial charge in [-0.25, -0.2) is 0 Å². The zero-order valence-electron chi connectivity index (χ0n) is 10.6. The van der Waals surface area contributed by atoms with E-state index in [2.05, 4.69) is 22.6 Å². The van der Waals surface area contributed by atoms with Crippen LogP contribution in [0.2, 0.25) is 0 Å². The van der Waals surface area contributed by atoms with E-state index in [1.807, 2.05) is 24.3 Å². The fourth-order valence-corrected chi connectivity index (χ4v) is 3.21. The molecule has 5 heteroatoms. The summed E-state index contributed by atoms with van der Waals surface area (Å²) in [6, 6.07) is 14.8. The highest BCUT2D eigenvalue weighted by molar-refractivity contribution is 14.1. The lowest BCUT2D eigenvalue weighted by Crippen LogP contribution is -2.01. The predicted octanol–water partition coefficient (Wildman–Crippen LogP) is 3.23. The minimum absolute atomic E-state index is 0.00988. The Balaban J connectivity index is 2.05. The highest BCUT2D eigenvalue weighted by atomic mass is 127. The molecule has 1 N–H and O–H groups in total. The second-order valence-electron chi connectivity index (χ2n) is 4.33. The Morgan fingerprint density at radius 3 is 2.10 bits per heavy atom. The molecule has 0 radical (unpaired) electrons. The van der Waals surface area contributed by atoms with Gasteiger partial charge in [0.05, 0.1) is 23.0 Å². The molecule has 0 fully saturated rings. The number of hydrogen-bond donors (Lipinski definition) is 1. The fourth-order valence-electron chi connectivity index (χ4n) is 1.75. The average Bonchev–Trinajstić information content (AvgIpc) is 2.41.